The van der Waals surface area contributed by atoms with E-state index in [9.17, 15) is 14.4 Å². The molecule has 1 aromatic carbocycles. The highest BCUT2D eigenvalue weighted by Crippen LogP contribution is 2.39. The first-order chi connectivity index (χ1) is 20.0. The molecule has 0 radical (unpaired) electrons. The Morgan fingerprint density at radius 1 is 1.12 bits per heavy atom. The number of likely N-dealkylation sites (N-methyl/N-ethyl adjacent to an activating group) is 1. The number of allylic oxidation sites excluding steroid dienone is 1. The van der Waals surface area contributed by atoms with Gasteiger partial charge in [0, 0.05) is 53.5 Å². The first-order valence-electron chi connectivity index (χ1n) is 15.9. The Balaban J connectivity index is 1.44. The van der Waals surface area contributed by atoms with Gasteiger partial charge in [-0.05, 0) is 80.4 Å². The van der Waals surface area contributed by atoms with Gasteiger partial charge < -0.3 is 25.2 Å². The lowest BCUT2D eigenvalue weighted by molar-refractivity contribution is -0.142. The Kier molecular flexibility index (Phi) is 10.9. The van der Waals surface area contributed by atoms with Crippen molar-refractivity contribution in [3.63, 3.8) is 0 Å². The Morgan fingerprint density at radius 3 is 2.50 bits per heavy atom. The number of nitrogens with one attached hydrogen (secondary N) is 2. The first kappa shape index (κ1) is 32.2. The molecule has 1 aliphatic heterocycles. The van der Waals surface area contributed by atoms with Crippen molar-refractivity contribution in [2.24, 2.45) is 17.8 Å². The number of hydrogen-bond acceptors (Lipinski definition) is 5. The topological polar surface area (TPSA) is 91.0 Å². The number of ether oxygens (including phenoxy) is 1. The molecule has 0 bridgehead atoms. The van der Waals surface area contributed by atoms with E-state index in [2.05, 4.69) is 59.7 Å². The van der Waals surface area contributed by atoms with Crippen LogP contribution in [0.1, 0.15) is 82.8 Å². The predicted molar refractivity (Wildman–Crippen MR) is 167 cm³/mol. The van der Waals surface area contributed by atoms with Crippen molar-refractivity contribution in [3.05, 3.63) is 41.5 Å². The number of hydrogen-bond donors (Lipinski definition) is 2. The van der Waals surface area contributed by atoms with Crippen LogP contribution in [0.15, 0.2) is 30.3 Å². The molecule has 3 aliphatic rings. The van der Waals surface area contributed by atoms with Crippen LogP contribution >= 0.6 is 0 Å². The maximum absolute atomic E-state index is 14.1. The van der Waals surface area contributed by atoms with E-state index in [4.69, 9.17) is 4.74 Å². The fourth-order valence-electron chi connectivity index (χ4n) is 6.96. The number of piperidine rings is 1. The van der Waals surface area contributed by atoms with Crippen LogP contribution in [0.5, 0.6) is 0 Å². The maximum atomic E-state index is 14.1. The third-order valence-corrected chi connectivity index (χ3v) is 9.07. The first-order valence-corrected chi connectivity index (χ1v) is 15.9. The van der Waals surface area contributed by atoms with Gasteiger partial charge in [0.1, 0.15) is 5.54 Å². The summed E-state index contributed by atoms with van der Waals surface area (Å²) in [6, 6.07) is 8.92. The van der Waals surface area contributed by atoms with Gasteiger partial charge in [-0.25, -0.2) is 0 Å². The van der Waals surface area contributed by atoms with Crippen LogP contribution in [-0.4, -0.2) is 86.5 Å². The van der Waals surface area contributed by atoms with Crippen molar-refractivity contribution >= 4 is 23.3 Å². The summed E-state index contributed by atoms with van der Waals surface area (Å²) >= 11 is 0. The van der Waals surface area contributed by atoms with E-state index in [0.29, 0.717) is 38.4 Å². The van der Waals surface area contributed by atoms with Crippen LogP contribution in [0, 0.1) is 17.8 Å². The molecule has 42 heavy (non-hydrogen) atoms. The van der Waals surface area contributed by atoms with Crippen molar-refractivity contribution in [3.8, 4) is 0 Å². The van der Waals surface area contributed by atoms with Crippen LogP contribution in [0.2, 0.25) is 0 Å². The third kappa shape index (κ3) is 7.81. The van der Waals surface area contributed by atoms with E-state index in [1.54, 1.807) is 26.1 Å². The molecule has 1 aromatic rings. The SMILES string of the molecule is COCCCC1CC=C(CN(C(=O)[C@H]2CNC[C@@H](C(=O)NC(C)(CC(C)C)C(=O)N(C)C)C2)C2CC2)c2ccccc21. The Morgan fingerprint density at radius 2 is 1.83 bits per heavy atom. The Bertz CT molecular complexity index is 1140. The molecule has 8 nitrogen and oxygen atoms in total. The number of fused-ring (bicyclic) bond motifs is 1. The molecule has 8 heteroatoms. The van der Waals surface area contributed by atoms with Crippen LogP contribution in [0.4, 0.5) is 0 Å². The van der Waals surface area contributed by atoms with E-state index < -0.39 is 5.54 Å². The number of methoxy groups -OCH3 is 1. The minimum Gasteiger partial charge on any atom is -0.385 e. The van der Waals surface area contributed by atoms with Gasteiger partial charge in [0.15, 0.2) is 0 Å². The molecule has 4 rings (SSSR count). The van der Waals surface area contributed by atoms with Gasteiger partial charge >= 0.3 is 0 Å². The van der Waals surface area contributed by atoms with Crippen molar-refractivity contribution in [1.29, 1.82) is 0 Å². The fourth-order valence-corrected chi connectivity index (χ4v) is 6.96. The van der Waals surface area contributed by atoms with E-state index in [-0.39, 0.29) is 41.5 Å². The van der Waals surface area contributed by atoms with Crippen LogP contribution < -0.4 is 10.6 Å². The minimum absolute atomic E-state index is 0.108. The largest absolute Gasteiger partial charge is 0.385 e. The zero-order valence-corrected chi connectivity index (χ0v) is 26.6. The normalized spacial score (nSPS) is 23.4. The summed E-state index contributed by atoms with van der Waals surface area (Å²) < 4.78 is 5.29. The zero-order chi connectivity index (χ0) is 30.4. The molecule has 3 amide bonds. The number of carbonyl (C=O) groups is 3. The summed E-state index contributed by atoms with van der Waals surface area (Å²) in [6.07, 6.45) is 8.56. The molecule has 0 spiro atoms. The second-order valence-corrected chi connectivity index (χ2v) is 13.5. The van der Waals surface area contributed by atoms with Gasteiger partial charge in [0.2, 0.25) is 17.7 Å². The van der Waals surface area contributed by atoms with Gasteiger partial charge in [-0.3, -0.25) is 14.4 Å². The van der Waals surface area contributed by atoms with Crippen molar-refractivity contribution in [2.75, 3.05) is 47.4 Å². The Labute approximate surface area is 252 Å². The lowest BCUT2D eigenvalue weighted by Crippen LogP contribution is -2.60. The van der Waals surface area contributed by atoms with E-state index in [1.165, 1.54) is 16.7 Å². The summed E-state index contributed by atoms with van der Waals surface area (Å²) in [6.45, 7) is 8.40. The molecular formula is C34H52N4O4. The zero-order valence-electron chi connectivity index (χ0n) is 26.6. The van der Waals surface area contributed by atoms with E-state index in [0.717, 1.165) is 38.7 Å². The van der Waals surface area contributed by atoms with Crippen molar-refractivity contribution in [1.82, 2.24) is 20.4 Å². The number of rotatable bonds is 13. The molecule has 232 valence electrons. The number of amides is 3. The standard InChI is InChI=1S/C34H52N4O4/c1-23(2)19-34(3,33(41)37(4)5)36-31(39)26-18-27(21-35-20-26)32(40)38(28-15-16-28)22-25-14-13-24(10-9-17-42-6)29-11-7-8-12-30(25)29/h7-8,11-12,14,23-24,26-28,35H,9-10,13,15-22H2,1-6H3,(H,36,39)/t24?,26-,27+,34?/m0/s1. The summed E-state index contributed by atoms with van der Waals surface area (Å²) in [5.41, 5.74) is 2.90. The maximum Gasteiger partial charge on any atom is 0.247 e. The quantitative estimate of drug-likeness (QED) is 0.341. The second-order valence-electron chi connectivity index (χ2n) is 13.5. The van der Waals surface area contributed by atoms with E-state index in [1.807, 2.05) is 6.92 Å². The highest BCUT2D eigenvalue weighted by molar-refractivity contribution is 5.92. The predicted octanol–water partition coefficient (Wildman–Crippen LogP) is 4.21. The van der Waals surface area contributed by atoms with E-state index >= 15 is 0 Å². The molecule has 0 aromatic heterocycles. The number of carbonyl (C=O) groups excluding carboxylic acids is 3. The molecule has 4 atom stereocenters. The molecule has 1 saturated carbocycles. The summed E-state index contributed by atoms with van der Waals surface area (Å²) in [5.74, 6) is -0.0346. The van der Waals surface area contributed by atoms with Crippen molar-refractivity contribution in [2.45, 2.75) is 83.2 Å². The smallest absolute Gasteiger partial charge is 0.247 e. The fraction of sp³-hybridized carbons (Fsp3) is 0.676. The molecule has 1 heterocycles. The van der Waals surface area contributed by atoms with Crippen LogP contribution in [-0.2, 0) is 19.1 Å². The lowest BCUT2D eigenvalue weighted by atomic mass is 9.80. The molecule has 2 unspecified atom stereocenters. The molecule has 2 aliphatic carbocycles. The van der Waals surface area contributed by atoms with Crippen molar-refractivity contribution < 1.29 is 19.1 Å². The van der Waals surface area contributed by atoms with Gasteiger partial charge in [-0.15, -0.1) is 0 Å². The van der Waals surface area contributed by atoms with Crippen LogP contribution in [0.3, 0.4) is 0 Å². The summed E-state index contributed by atoms with van der Waals surface area (Å²) in [7, 11) is 5.19. The molecule has 2 N–H and O–H groups in total. The average Bonchev–Trinajstić information content (AvgIpc) is 3.81. The minimum atomic E-state index is -0.978. The molecular weight excluding hydrogens is 528 g/mol. The summed E-state index contributed by atoms with van der Waals surface area (Å²) in [5, 5.41) is 6.45. The monoisotopic (exact) mass is 580 g/mol. The highest BCUT2D eigenvalue weighted by Gasteiger charge is 2.42. The Hall–Kier alpha value is -2.71. The van der Waals surface area contributed by atoms with Gasteiger partial charge in [0.25, 0.3) is 0 Å². The van der Waals surface area contributed by atoms with Gasteiger partial charge in [0.05, 0.1) is 11.8 Å². The molecule has 1 saturated heterocycles. The van der Waals surface area contributed by atoms with Gasteiger partial charge in [-0.2, -0.15) is 0 Å². The third-order valence-electron chi connectivity index (χ3n) is 9.07. The number of benzene rings is 1. The van der Waals surface area contributed by atoms with Gasteiger partial charge in [-0.1, -0.05) is 44.2 Å². The lowest BCUT2D eigenvalue weighted by Gasteiger charge is -2.37. The average molecular weight is 581 g/mol. The second kappa shape index (κ2) is 14.2. The molecule has 2 fully saturated rings. The number of nitrogens with zero attached hydrogens (tertiary/aromatic N) is 2. The highest BCUT2D eigenvalue weighted by atomic mass is 16.5. The van der Waals surface area contributed by atoms with Crippen LogP contribution in [0.25, 0.3) is 5.57 Å². The summed E-state index contributed by atoms with van der Waals surface area (Å²) in [4.78, 5) is 44.2.